The van der Waals surface area contributed by atoms with Crippen molar-refractivity contribution in [1.29, 1.82) is 0 Å². The molecule has 9 heteroatoms. The topological polar surface area (TPSA) is 66.1 Å². The standard InChI is InChI=1S/C18H16F3N3O2S/c19-18(20,21)13-9-15(17-16(10-13)22-11-23-17)12-4-3-5-14(8-12)27(25,26)24-6-1-2-7-24/h3-5,8-11H,1-2,6-7H2,(H,22,23). The molecule has 0 bridgehead atoms. The number of halogens is 3. The zero-order valence-corrected chi connectivity index (χ0v) is 14.9. The number of aromatic nitrogens is 2. The minimum absolute atomic E-state index is 0.0722. The molecule has 5 nitrogen and oxygen atoms in total. The van der Waals surface area contributed by atoms with Crippen LogP contribution in [0.4, 0.5) is 13.2 Å². The van der Waals surface area contributed by atoms with Crippen LogP contribution in [0.5, 0.6) is 0 Å². The fourth-order valence-corrected chi connectivity index (χ4v) is 4.90. The molecule has 1 aliphatic rings. The summed E-state index contributed by atoms with van der Waals surface area (Å²) in [7, 11) is -3.66. The minimum atomic E-state index is -4.52. The molecular formula is C18H16F3N3O2S. The van der Waals surface area contributed by atoms with Gasteiger partial charge in [0.1, 0.15) is 0 Å². The van der Waals surface area contributed by atoms with E-state index in [1.807, 2.05) is 0 Å². The Bertz CT molecular complexity index is 1100. The van der Waals surface area contributed by atoms with E-state index in [0.29, 0.717) is 24.2 Å². The molecule has 0 radical (unpaired) electrons. The number of fused-ring (bicyclic) bond motifs is 1. The van der Waals surface area contributed by atoms with Crippen LogP contribution in [0, 0.1) is 0 Å². The van der Waals surface area contributed by atoms with Gasteiger partial charge in [-0.1, -0.05) is 12.1 Å². The molecule has 0 unspecified atom stereocenters. The summed E-state index contributed by atoms with van der Waals surface area (Å²) < 4.78 is 66.7. The molecule has 1 N–H and O–H groups in total. The van der Waals surface area contributed by atoms with Gasteiger partial charge in [0.05, 0.1) is 27.8 Å². The van der Waals surface area contributed by atoms with Crippen molar-refractivity contribution in [3.05, 3.63) is 48.3 Å². The van der Waals surface area contributed by atoms with Crippen molar-refractivity contribution < 1.29 is 21.6 Å². The maximum absolute atomic E-state index is 13.3. The average molecular weight is 395 g/mol. The van der Waals surface area contributed by atoms with Crippen LogP contribution in [0.15, 0.2) is 47.6 Å². The van der Waals surface area contributed by atoms with Gasteiger partial charge in [0.2, 0.25) is 10.0 Å². The lowest BCUT2D eigenvalue weighted by atomic mass is 10.0. The number of hydrogen-bond acceptors (Lipinski definition) is 3. The van der Waals surface area contributed by atoms with Crippen molar-refractivity contribution >= 4 is 21.1 Å². The van der Waals surface area contributed by atoms with Gasteiger partial charge in [-0.05, 0) is 42.7 Å². The molecule has 0 aliphatic carbocycles. The van der Waals surface area contributed by atoms with Gasteiger partial charge in [0.25, 0.3) is 0 Å². The summed E-state index contributed by atoms with van der Waals surface area (Å²) in [4.78, 5) is 6.87. The highest BCUT2D eigenvalue weighted by molar-refractivity contribution is 7.89. The summed E-state index contributed by atoms with van der Waals surface area (Å²) in [5, 5.41) is 0. The predicted molar refractivity (Wildman–Crippen MR) is 94.5 cm³/mol. The van der Waals surface area contributed by atoms with Crippen molar-refractivity contribution in [2.75, 3.05) is 13.1 Å². The molecule has 2 aromatic carbocycles. The number of rotatable bonds is 3. The van der Waals surface area contributed by atoms with Gasteiger partial charge < -0.3 is 4.98 Å². The zero-order chi connectivity index (χ0) is 19.2. The number of imidazole rings is 1. The lowest BCUT2D eigenvalue weighted by molar-refractivity contribution is -0.137. The monoisotopic (exact) mass is 395 g/mol. The predicted octanol–water partition coefficient (Wildman–Crippen LogP) is 4.03. The number of H-pyrrole nitrogens is 1. The summed E-state index contributed by atoms with van der Waals surface area (Å²) in [5.41, 5.74) is 0.395. The van der Waals surface area contributed by atoms with Crippen LogP contribution in [0.3, 0.4) is 0 Å². The molecule has 0 saturated carbocycles. The van der Waals surface area contributed by atoms with E-state index in [1.54, 1.807) is 6.07 Å². The van der Waals surface area contributed by atoms with Crippen molar-refractivity contribution in [1.82, 2.24) is 14.3 Å². The first-order valence-electron chi connectivity index (χ1n) is 8.42. The van der Waals surface area contributed by atoms with Crippen LogP contribution in [0.25, 0.3) is 22.2 Å². The van der Waals surface area contributed by atoms with Gasteiger partial charge in [0.15, 0.2) is 0 Å². The van der Waals surface area contributed by atoms with E-state index >= 15 is 0 Å². The van der Waals surface area contributed by atoms with Crippen LogP contribution in [-0.2, 0) is 16.2 Å². The van der Waals surface area contributed by atoms with Gasteiger partial charge in [0, 0.05) is 18.7 Å². The maximum Gasteiger partial charge on any atom is 0.416 e. The van der Waals surface area contributed by atoms with Crippen LogP contribution in [0.2, 0.25) is 0 Å². The molecule has 3 aromatic rings. The van der Waals surface area contributed by atoms with Crippen LogP contribution in [0.1, 0.15) is 18.4 Å². The van der Waals surface area contributed by atoms with Crippen LogP contribution >= 0.6 is 0 Å². The number of sulfonamides is 1. The third-order valence-electron chi connectivity index (χ3n) is 4.70. The number of nitrogens with one attached hydrogen (secondary N) is 1. The summed E-state index contributed by atoms with van der Waals surface area (Å²) in [6.07, 6.45) is -1.59. The summed E-state index contributed by atoms with van der Waals surface area (Å²) in [6.45, 7) is 0.916. The second kappa shape index (κ2) is 6.35. The van der Waals surface area contributed by atoms with E-state index in [9.17, 15) is 21.6 Å². The lowest BCUT2D eigenvalue weighted by Gasteiger charge is -2.16. The molecule has 27 heavy (non-hydrogen) atoms. The van der Waals surface area contributed by atoms with E-state index in [2.05, 4.69) is 9.97 Å². The Labute approximate surface area is 153 Å². The quantitative estimate of drug-likeness (QED) is 0.728. The fraction of sp³-hybridized carbons (Fsp3) is 0.278. The minimum Gasteiger partial charge on any atom is -0.345 e. The Balaban J connectivity index is 1.86. The van der Waals surface area contributed by atoms with Crippen molar-refractivity contribution in [2.24, 2.45) is 0 Å². The first-order valence-corrected chi connectivity index (χ1v) is 9.86. The Morgan fingerprint density at radius 2 is 1.81 bits per heavy atom. The van der Waals surface area contributed by atoms with E-state index in [1.165, 1.54) is 28.8 Å². The van der Waals surface area contributed by atoms with Crippen molar-refractivity contribution in [3.8, 4) is 11.1 Å². The Morgan fingerprint density at radius 1 is 1.07 bits per heavy atom. The first-order chi connectivity index (χ1) is 12.8. The van der Waals surface area contributed by atoms with Gasteiger partial charge in [-0.15, -0.1) is 0 Å². The van der Waals surface area contributed by atoms with Crippen LogP contribution < -0.4 is 0 Å². The molecule has 142 valence electrons. The molecule has 1 saturated heterocycles. The molecule has 1 fully saturated rings. The second-order valence-corrected chi connectivity index (χ2v) is 8.40. The Morgan fingerprint density at radius 3 is 2.52 bits per heavy atom. The first kappa shape index (κ1) is 18.0. The molecule has 0 spiro atoms. The highest BCUT2D eigenvalue weighted by Gasteiger charge is 2.32. The van der Waals surface area contributed by atoms with E-state index < -0.39 is 21.8 Å². The summed E-state index contributed by atoms with van der Waals surface area (Å²) in [5.74, 6) is 0. The maximum atomic E-state index is 13.3. The van der Waals surface area contributed by atoms with Crippen LogP contribution in [-0.4, -0.2) is 35.8 Å². The molecule has 0 atom stereocenters. The highest BCUT2D eigenvalue weighted by atomic mass is 32.2. The molecule has 1 aromatic heterocycles. The third-order valence-corrected chi connectivity index (χ3v) is 6.59. The molecular weight excluding hydrogens is 379 g/mol. The number of aromatic amines is 1. The largest absolute Gasteiger partial charge is 0.416 e. The average Bonchev–Trinajstić information content (AvgIpc) is 3.32. The Kier molecular flexibility index (Phi) is 4.23. The van der Waals surface area contributed by atoms with E-state index in [4.69, 9.17) is 0 Å². The number of hydrogen-bond donors (Lipinski definition) is 1. The highest BCUT2D eigenvalue weighted by Crippen LogP contribution is 2.37. The smallest absolute Gasteiger partial charge is 0.345 e. The SMILES string of the molecule is O=S(=O)(c1cccc(-c2cc(C(F)(F)F)cc3[nH]cnc23)c1)N1CCCC1. The van der Waals surface area contributed by atoms with Gasteiger partial charge >= 0.3 is 6.18 Å². The molecule has 2 heterocycles. The number of alkyl halides is 3. The summed E-state index contributed by atoms with van der Waals surface area (Å²) in [6, 6.07) is 8.01. The lowest BCUT2D eigenvalue weighted by Crippen LogP contribution is -2.27. The fourth-order valence-electron chi connectivity index (χ4n) is 3.34. The van der Waals surface area contributed by atoms with E-state index in [0.717, 1.165) is 25.0 Å². The second-order valence-electron chi connectivity index (χ2n) is 6.46. The summed E-state index contributed by atoms with van der Waals surface area (Å²) >= 11 is 0. The molecule has 0 amide bonds. The number of benzene rings is 2. The van der Waals surface area contributed by atoms with E-state index in [-0.39, 0.29) is 16.0 Å². The van der Waals surface area contributed by atoms with Gasteiger partial charge in [-0.2, -0.15) is 17.5 Å². The van der Waals surface area contributed by atoms with Gasteiger partial charge in [-0.25, -0.2) is 13.4 Å². The normalized spacial score (nSPS) is 16.3. The third kappa shape index (κ3) is 3.21. The molecule has 1 aliphatic heterocycles. The van der Waals surface area contributed by atoms with Crippen molar-refractivity contribution in [3.63, 3.8) is 0 Å². The molecule has 4 rings (SSSR count). The zero-order valence-electron chi connectivity index (χ0n) is 14.1. The number of nitrogens with zero attached hydrogens (tertiary/aromatic N) is 2. The van der Waals surface area contributed by atoms with Crippen molar-refractivity contribution in [2.45, 2.75) is 23.9 Å². The Hall–Kier alpha value is -2.39. The van der Waals surface area contributed by atoms with Gasteiger partial charge in [-0.3, -0.25) is 0 Å².